The molecule has 0 amide bonds. The molecule has 0 saturated heterocycles. The first-order valence-corrected chi connectivity index (χ1v) is 7.70. The predicted molar refractivity (Wildman–Crippen MR) is 65.6 cm³/mol. The molecule has 3 rings (SSSR count). The summed E-state index contributed by atoms with van der Waals surface area (Å²) in [5.41, 5.74) is 6.37. The molecule has 1 aromatic rings. The number of rotatable bonds is 3. The molecule has 98 valence electrons. The van der Waals surface area contributed by atoms with Gasteiger partial charge in [-0.1, -0.05) is 0 Å². The van der Waals surface area contributed by atoms with Crippen molar-refractivity contribution in [3.8, 4) is 11.5 Å². The van der Waals surface area contributed by atoms with Crippen LogP contribution in [0.5, 0.6) is 11.5 Å². The largest absolute Gasteiger partial charge is 0.454 e. The molecule has 0 radical (unpaired) electrons. The zero-order valence-electron chi connectivity index (χ0n) is 10.1. The van der Waals surface area contributed by atoms with Gasteiger partial charge in [-0.05, 0) is 24.5 Å². The number of hydrogen-bond donors (Lipinski definition) is 1. The van der Waals surface area contributed by atoms with E-state index in [-0.39, 0.29) is 12.2 Å². The zero-order chi connectivity index (χ0) is 13.0. The Balaban J connectivity index is 2.23. The maximum absolute atomic E-state index is 11.9. The molecule has 0 atom stereocenters. The lowest BCUT2D eigenvalue weighted by Gasteiger charge is -2.17. The summed E-state index contributed by atoms with van der Waals surface area (Å²) in [4.78, 5) is 0.315. The zero-order valence-corrected chi connectivity index (χ0v) is 10.9. The van der Waals surface area contributed by atoms with Gasteiger partial charge in [-0.15, -0.1) is 0 Å². The first kappa shape index (κ1) is 11.8. The van der Waals surface area contributed by atoms with E-state index in [1.54, 1.807) is 12.1 Å². The maximum atomic E-state index is 11.9. The summed E-state index contributed by atoms with van der Waals surface area (Å²) >= 11 is 0. The second-order valence-corrected chi connectivity index (χ2v) is 6.94. The molecule has 0 spiro atoms. The molecular formula is C12H15NO4S. The second kappa shape index (κ2) is 3.61. The molecule has 1 aliphatic heterocycles. The summed E-state index contributed by atoms with van der Waals surface area (Å²) in [5.74, 6) is 1.10. The Labute approximate surface area is 106 Å². The van der Waals surface area contributed by atoms with Crippen LogP contribution in [0.4, 0.5) is 0 Å². The fraction of sp³-hybridized carbons (Fsp3) is 0.500. The van der Waals surface area contributed by atoms with Crippen LogP contribution in [0.15, 0.2) is 17.0 Å². The minimum Gasteiger partial charge on any atom is -0.454 e. The fourth-order valence-electron chi connectivity index (χ4n) is 2.38. The van der Waals surface area contributed by atoms with Gasteiger partial charge in [0.2, 0.25) is 6.79 Å². The molecule has 1 aromatic carbocycles. The van der Waals surface area contributed by atoms with Gasteiger partial charge in [-0.3, -0.25) is 0 Å². The van der Waals surface area contributed by atoms with E-state index in [0.29, 0.717) is 22.9 Å². The number of sulfone groups is 1. The number of nitrogens with two attached hydrogens (primary N) is 1. The monoisotopic (exact) mass is 269 g/mol. The van der Waals surface area contributed by atoms with Gasteiger partial charge >= 0.3 is 0 Å². The van der Waals surface area contributed by atoms with Crippen LogP contribution < -0.4 is 15.2 Å². The summed E-state index contributed by atoms with van der Waals surface area (Å²) in [6, 6.07) is 3.33. The topological polar surface area (TPSA) is 78.6 Å². The van der Waals surface area contributed by atoms with Crippen molar-refractivity contribution in [2.24, 2.45) is 5.73 Å². The molecule has 5 nitrogen and oxygen atoms in total. The molecule has 18 heavy (non-hydrogen) atoms. The van der Waals surface area contributed by atoms with Crippen LogP contribution in [-0.2, 0) is 15.3 Å². The Bertz CT molecular complexity index is 605. The van der Waals surface area contributed by atoms with Crippen molar-refractivity contribution in [3.63, 3.8) is 0 Å². The molecule has 0 unspecified atom stereocenters. The normalized spacial score (nSPS) is 19.9. The van der Waals surface area contributed by atoms with Gasteiger partial charge in [0.25, 0.3) is 0 Å². The fourth-order valence-corrected chi connectivity index (χ4v) is 3.37. The Morgan fingerprint density at radius 1 is 1.28 bits per heavy atom. The van der Waals surface area contributed by atoms with E-state index in [4.69, 9.17) is 15.2 Å². The van der Waals surface area contributed by atoms with Gasteiger partial charge in [0.15, 0.2) is 21.3 Å². The van der Waals surface area contributed by atoms with Gasteiger partial charge < -0.3 is 15.2 Å². The molecule has 6 heteroatoms. The van der Waals surface area contributed by atoms with Gasteiger partial charge in [-0.2, -0.15) is 0 Å². The lowest BCUT2D eigenvalue weighted by molar-refractivity contribution is 0.174. The van der Waals surface area contributed by atoms with E-state index in [1.165, 1.54) is 6.26 Å². The first-order chi connectivity index (χ1) is 8.46. The SMILES string of the molecule is CS(=O)(=O)c1cc2c(cc1C1(CN)CC1)OCO2. The quantitative estimate of drug-likeness (QED) is 0.878. The maximum Gasteiger partial charge on any atom is 0.231 e. The Kier molecular flexibility index (Phi) is 2.37. The third-order valence-corrected chi connectivity index (χ3v) is 4.83. The summed E-state index contributed by atoms with van der Waals surface area (Å²) < 4.78 is 34.4. The van der Waals surface area contributed by atoms with Gasteiger partial charge in [0.05, 0.1) is 4.90 Å². The molecule has 0 aromatic heterocycles. The van der Waals surface area contributed by atoms with Crippen molar-refractivity contribution in [1.82, 2.24) is 0 Å². The lowest BCUT2D eigenvalue weighted by atomic mass is 9.95. The van der Waals surface area contributed by atoms with Gasteiger partial charge in [0, 0.05) is 24.3 Å². The Hall–Kier alpha value is -1.27. The van der Waals surface area contributed by atoms with E-state index in [2.05, 4.69) is 0 Å². The molecule has 1 saturated carbocycles. The van der Waals surface area contributed by atoms with Crippen LogP contribution in [0, 0.1) is 0 Å². The van der Waals surface area contributed by atoms with Crippen molar-refractivity contribution in [2.45, 2.75) is 23.2 Å². The van der Waals surface area contributed by atoms with Crippen LogP contribution >= 0.6 is 0 Å². The van der Waals surface area contributed by atoms with Crippen LogP contribution in [0.1, 0.15) is 18.4 Å². The smallest absolute Gasteiger partial charge is 0.231 e. The third kappa shape index (κ3) is 1.67. The minimum absolute atomic E-state index is 0.137. The highest BCUT2D eigenvalue weighted by Crippen LogP contribution is 2.52. The number of fused-ring (bicyclic) bond motifs is 1. The highest BCUT2D eigenvalue weighted by atomic mass is 32.2. The van der Waals surface area contributed by atoms with Crippen LogP contribution in [-0.4, -0.2) is 28.0 Å². The van der Waals surface area contributed by atoms with Crippen LogP contribution in [0.2, 0.25) is 0 Å². The van der Waals surface area contributed by atoms with Crippen LogP contribution in [0.25, 0.3) is 0 Å². The van der Waals surface area contributed by atoms with E-state index < -0.39 is 9.84 Å². The highest BCUT2D eigenvalue weighted by Gasteiger charge is 2.46. The first-order valence-electron chi connectivity index (χ1n) is 5.80. The van der Waals surface area contributed by atoms with Crippen molar-refractivity contribution in [3.05, 3.63) is 17.7 Å². The summed E-state index contributed by atoms with van der Waals surface area (Å²) in [6.07, 6.45) is 3.05. The van der Waals surface area contributed by atoms with Crippen molar-refractivity contribution >= 4 is 9.84 Å². The van der Waals surface area contributed by atoms with E-state index in [1.807, 2.05) is 0 Å². The van der Waals surface area contributed by atoms with E-state index >= 15 is 0 Å². The summed E-state index contributed by atoms with van der Waals surface area (Å²) in [5, 5.41) is 0. The van der Waals surface area contributed by atoms with Gasteiger partial charge in [-0.25, -0.2) is 8.42 Å². The second-order valence-electron chi connectivity index (χ2n) is 4.96. The lowest BCUT2D eigenvalue weighted by Crippen LogP contribution is -2.22. The predicted octanol–water partition coefficient (Wildman–Crippen LogP) is 0.809. The molecule has 2 aliphatic rings. The third-order valence-electron chi connectivity index (χ3n) is 3.69. The van der Waals surface area contributed by atoms with E-state index in [9.17, 15) is 8.42 Å². The molecule has 0 bridgehead atoms. The van der Waals surface area contributed by atoms with Crippen LogP contribution in [0.3, 0.4) is 0 Å². The molecular weight excluding hydrogens is 254 g/mol. The summed E-state index contributed by atoms with van der Waals surface area (Å²) in [7, 11) is -3.30. The van der Waals surface area contributed by atoms with Crippen molar-refractivity contribution in [1.29, 1.82) is 0 Å². The molecule has 1 fully saturated rings. The van der Waals surface area contributed by atoms with Gasteiger partial charge in [0.1, 0.15) is 0 Å². The minimum atomic E-state index is -3.30. The average Bonchev–Trinajstić information content (AvgIpc) is 2.98. The average molecular weight is 269 g/mol. The molecule has 1 aliphatic carbocycles. The Morgan fingerprint density at radius 3 is 2.39 bits per heavy atom. The summed E-state index contributed by atoms with van der Waals surface area (Å²) in [6.45, 7) is 0.590. The molecule has 1 heterocycles. The number of ether oxygens (including phenoxy) is 2. The Morgan fingerprint density at radius 2 is 1.89 bits per heavy atom. The number of hydrogen-bond acceptors (Lipinski definition) is 5. The van der Waals surface area contributed by atoms with Crippen molar-refractivity contribution < 1.29 is 17.9 Å². The molecule has 2 N–H and O–H groups in total. The number of benzene rings is 1. The standard InChI is InChI=1S/C12H15NO4S/c1-18(14,15)11-5-10-9(16-7-17-10)4-8(11)12(6-13)2-3-12/h4-5H,2-3,6-7,13H2,1H3. The van der Waals surface area contributed by atoms with Crippen molar-refractivity contribution in [2.75, 3.05) is 19.6 Å². The van der Waals surface area contributed by atoms with E-state index in [0.717, 1.165) is 18.4 Å². The highest BCUT2D eigenvalue weighted by molar-refractivity contribution is 7.90.